The first kappa shape index (κ1) is 25.3. The number of carbonyl (C=O) groups excluding carboxylic acids is 2. The lowest BCUT2D eigenvalue weighted by Gasteiger charge is -2.18. The monoisotopic (exact) mass is 499 g/mol. The van der Waals surface area contributed by atoms with Crippen LogP contribution in [0.25, 0.3) is 6.08 Å². The van der Waals surface area contributed by atoms with Gasteiger partial charge in [0.2, 0.25) is 5.88 Å². The quantitative estimate of drug-likeness (QED) is 0.349. The van der Waals surface area contributed by atoms with Gasteiger partial charge >= 0.3 is 0 Å². The third-order valence-corrected chi connectivity index (χ3v) is 6.61. The van der Waals surface area contributed by atoms with Gasteiger partial charge in [-0.1, -0.05) is 50.0 Å². The number of halogens is 1. The molecule has 1 aromatic carbocycles. The van der Waals surface area contributed by atoms with E-state index in [0.29, 0.717) is 10.5 Å². The number of carbonyl (C=O) groups is 2. The van der Waals surface area contributed by atoms with E-state index in [-0.39, 0.29) is 58.2 Å². The molecule has 7 nitrogen and oxygen atoms in total. The number of thioether (sulfide) groups is 1. The molecule has 0 saturated carbocycles. The van der Waals surface area contributed by atoms with Gasteiger partial charge in [0.05, 0.1) is 10.5 Å². The number of nitriles is 1. The van der Waals surface area contributed by atoms with Crippen LogP contribution < -0.4 is 5.56 Å². The van der Waals surface area contributed by atoms with Crippen LogP contribution in [0.5, 0.6) is 5.88 Å². The third-order valence-electron chi connectivity index (χ3n) is 5.23. The fourth-order valence-corrected chi connectivity index (χ4v) is 4.87. The number of aromatic nitrogens is 1. The molecule has 2 aromatic rings. The van der Waals surface area contributed by atoms with Crippen molar-refractivity contribution in [2.24, 2.45) is 5.92 Å². The van der Waals surface area contributed by atoms with Gasteiger partial charge in [0, 0.05) is 19.5 Å². The van der Waals surface area contributed by atoms with Gasteiger partial charge in [-0.15, -0.1) is 0 Å². The number of benzene rings is 1. The number of aromatic hydroxyl groups is 1. The molecule has 34 heavy (non-hydrogen) atoms. The number of nitrogens with zero attached hydrogens (tertiary/aromatic N) is 3. The molecule has 10 heteroatoms. The first-order valence-electron chi connectivity index (χ1n) is 10.5. The lowest BCUT2D eigenvalue weighted by molar-refractivity contribution is -0.122. The van der Waals surface area contributed by atoms with E-state index in [0.717, 1.165) is 16.3 Å². The number of ketones is 1. The van der Waals surface area contributed by atoms with Crippen molar-refractivity contribution in [1.82, 2.24) is 9.47 Å². The molecule has 1 aliphatic heterocycles. The highest BCUT2D eigenvalue weighted by Crippen LogP contribution is 2.33. The van der Waals surface area contributed by atoms with Crippen molar-refractivity contribution >= 4 is 46.1 Å². The first-order chi connectivity index (χ1) is 16.0. The second-order valence-corrected chi connectivity index (χ2v) is 9.85. The Balaban J connectivity index is 1.84. The molecular weight excluding hydrogens is 477 g/mol. The molecule has 1 aliphatic rings. The van der Waals surface area contributed by atoms with Gasteiger partial charge in [-0.3, -0.25) is 23.9 Å². The molecule has 0 bridgehead atoms. The highest BCUT2D eigenvalue weighted by molar-refractivity contribution is 8.26. The summed E-state index contributed by atoms with van der Waals surface area (Å²) in [5, 5.41) is 20.1. The van der Waals surface area contributed by atoms with E-state index < -0.39 is 17.2 Å². The molecular formula is C24H22FN3O4S2. The second-order valence-electron chi connectivity index (χ2n) is 8.18. The number of thiocarbonyl (C=S) groups is 1. The molecule has 1 saturated heterocycles. The minimum atomic E-state index is -0.648. The Morgan fingerprint density at radius 3 is 2.53 bits per heavy atom. The van der Waals surface area contributed by atoms with Crippen LogP contribution in [0.15, 0.2) is 34.0 Å². The van der Waals surface area contributed by atoms with E-state index in [1.54, 1.807) is 6.08 Å². The van der Waals surface area contributed by atoms with Crippen molar-refractivity contribution in [3.63, 3.8) is 0 Å². The summed E-state index contributed by atoms with van der Waals surface area (Å²) in [6.45, 7) is 5.23. The number of amides is 1. The molecule has 3 rings (SSSR count). The summed E-state index contributed by atoms with van der Waals surface area (Å²) in [6, 6.07) is 7.47. The summed E-state index contributed by atoms with van der Waals surface area (Å²) in [7, 11) is 0. The van der Waals surface area contributed by atoms with E-state index in [1.807, 2.05) is 19.9 Å². The Morgan fingerprint density at radius 2 is 1.94 bits per heavy atom. The van der Waals surface area contributed by atoms with Gasteiger partial charge in [0.1, 0.15) is 21.8 Å². The molecule has 1 amide bonds. The second kappa shape index (κ2) is 10.3. The molecule has 0 radical (unpaired) electrons. The maximum Gasteiger partial charge on any atom is 0.271 e. The molecule has 0 aliphatic carbocycles. The van der Waals surface area contributed by atoms with Crippen LogP contribution >= 0.6 is 24.0 Å². The van der Waals surface area contributed by atoms with Gasteiger partial charge in [-0.2, -0.15) is 5.26 Å². The van der Waals surface area contributed by atoms with Crippen LogP contribution in [0.3, 0.4) is 0 Å². The van der Waals surface area contributed by atoms with Crippen LogP contribution in [0.2, 0.25) is 0 Å². The molecule has 2 heterocycles. The van der Waals surface area contributed by atoms with Gasteiger partial charge in [0.25, 0.3) is 11.5 Å². The predicted octanol–water partition coefficient (Wildman–Crippen LogP) is 4.00. The maximum absolute atomic E-state index is 13.1. The summed E-state index contributed by atoms with van der Waals surface area (Å²) < 4.78 is 14.4. The standard InChI is InChI=1S/C24H22FN3O4S2/c1-13(2)12-28-21(30)17(11-26)14(3)20(23(28)32)18(29)8-9-27-22(31)19(34-24(27)33)10-15-4-6-16(25)7-5-15/h4-7,10,13,32H,8-9,12H2,1-3H3/b19-10-. The van der Waals surface area contributed by atoms with E-state index in [2.05, 4.69) is 0 Å². The summed E-state index contributed by atoms with van der Waals surface area (Å²) in [6.07, 6.45) is 1.42. The van der Waals surface area contributed by atoms with E-state index in [4.69, 9.17) is 12.2 Å². The van der Waals surface area contributed by atoms with Gasteiger partial charge in [-0.05, 0) is 42.2 Å². The minimum absolute atomic E-state index is 0.0104. The van der Waals surface area contributed by atoms with Crippen molar-refractivity contribution in [1.29, 1.82) is 5.26 Å². The Morgan fingerprint density at radius 1 is 1.29 bits per heavy atom. The minimum Gasteiger partial charge on any atom is -0.494 e. The summed E-state index contributed by atoms with van der Waals surface area (Å²) in [5.41, 5.74) is -0.212. The third kappa shape index (κ3) is 5.11. The van der Waals surface area contributed by atoms with Gasteiger partial charge < -0.3 is 5.11 Å². The van der Waals surface area contributed by atoms with E-state index >= 15 is 0 Å². The van der Waals surface area contributed by atoms with Crippen molar-refractivity contribution in [3.05, 3.63) is 67.6 Å². The Labute approximate surface area is 205 Å². The molecule has 176 valence electrons. The van der Waals surface area contributed by atoms with Crippen molar-refractivity contribution in [2.75, 3.05) is 6.54 Å². The van der Waals surface area contributed by atoms with Crippen LogP contribution in [0.1, 0.15) is 47.3 Å². The molecule has 1 fully saturated rings. The van der Waals surface area contributed by atoms with Crippen molar-refractivity contribution in [2.45, 2.75) is 33.7 Å². The highest BCUT2D eigenvalue weighted by atomic mass is 32.2. The largest absolute Gasteiger partial charge is 0.494 e. The number of Topliss-reactive ketones (excluding diaryl/α,β-unsaturated/α-hetero) is 1. The fraction of sp³-hybridized carbons (Fsp3) is 0.292. The smallest absolute Gasteiger partial charge is 0.271 e. The molecule has 0 unspecified atom stereocenters. The summed E-state index contributed by atoms with van der Waals surface area (Å²) in [5.74, 6) is -1.78. The van der Waals surface area contributed by atoms with Crippen LogP contribution in [-0.4, -0.2) is 37.1 Å². The Kier molecular flexibility index (Phi) is 7.69. The zero-order valence-electron chi connectivity index (χ0n) is 18.8. The normalized spacial score (nSPS) is 14.8. The molecule has 1 N–H and O–H groups in total. The van der Waals surface area contributed by atoms with Gasteiger partial charge in [0.15, 0.2) is 5.78 Å². The molecule has 0 atom stereocenters. The Hall–Kier alpha value is -3.29. The average molecular weight is 500 g/mol. The summed E-state index contributed by atoms with van der Waals surface area (Å²) >= 11 is 6.37. The number of hydrogen-bond acceptors (Lipinski definition) is 7. The zero-order chi connectivity index (χ0) is 25.2. The van der Waals surface area contributed by atoms with E-state index in [9.17, 15) is 29.1 Å². The Bertz CT molecular complexity index is 1310. The number of pyridine rings is 1. The fourth-order valence-electron chi connectivity index (χ4n) is 3.56. The average Bonchev–Trinajstić information content (AvgIpc) is 3.04. The van der Waals surface area contributed by atoms with Crippen molar-refractivity contribution < 1.29 is 19.1 Å². The summed E-state index contributed by atoms with van der Waals surface area (Å²) in [4.78, 5) is 40.1. The van der Waals surface area contributed by atoms with Crippen LogP contribution in [0.4, 0.5) is 4.39 Å². The van der Waals surface area contributed by atoms with E-state index in [1.165, 1.54) is 36.1 Å². The molecule has 1 aromatic heterocycles. The number of hydrogen-bond donors (Lipinski definition) is 1. The van der Waals surface area contributed by atoms with Gasteiger partial charge in [-0.25, -0.2) is 4.39 Å². The number of rotatable bonds is 7. The zero-order valence-corrected chi connectivity index (χ0v) is 20.4. The van der Waals surface area contributed by atoms with Crippen molar-refractivity contribution in [3.8, 4) is 11.9 Å². The lowest BCUT2D eigenvalue weighted by Crippen LogP contribution is -2.31. The highest BCUT2D eigenvalue weighted by Gasteiger charge is 2.33. The molecule has 0 spiro atoms. The first-order valence-corrected chi connectivity index (χ1v) is 11.7. The predicted molar refractivity (Wildman–Crippen MR) is 132 cm³/mol. The maximum atomic E-state index is 13.1. The van der Waals surface area contributed by atoms with Crippen LogP contribution in [0, 0.1) is 30.0 Å². The lowest BCUT2D eigenvalue weighted by atomic mass is 9.99. The SMILES string of the molecule is Cc1c(C(=O)CCN2C(=O)/C(=C/c3ccc(F)cc3)SC2=S)c(O)n(CC(C)C)c(=O)c1C#N. The van der Waals surface area contributed by atoms with Crippen LogP contribution in [-0.2, 0) is 11.3 Å². The topological polar surface area (TPSA) is 103 Å².